The van der Waals surface area contributed by atoms with E-state index < -0.39 is 18.4 Å². The highest BCUT2D eigenvalue weighted by Gasteiger charge is 2.46. The summed E-state index contributed by atoms with van der Waals surface area (Å²) in [6.45, 7) is 1.08. The summed E-state index contributed by atoms with van der Waals surface area (Å²) in [6, 6.07) is 3.86. The van der Waals surface area contributed by atoms with Crippen molar-refractivity contribution in [2.24, 2.45) is 5.92 Å². The van der Waals surface area contributed by atoms with Crippen LogP contribution in [0.5, 0.6) is 0 Å². The number of alkyl halides is 2. The van der Waals surface area contributed by atoms with Crippen molar-refractivity contribution in [1.82, 2.24) is 29.5 Å². The Balaban J connectivity index is 1.28. The second kappa shape index (κ2) is 8.03. The number of carbonyl (C=O) groups is 1. The van der Waals surface area contributed by atoms with E-state index in [2.05, 4.69) is 25.4 Å². The molecule has 4 aromatic rings. The van der Waals surface area contributed by atoms with E-state index >= 15 is 0 Å². The van der Waals surface area contributed by atoms with Crippen LogP contribution >= 0.6 is 0 Å². The van der Waals surface area contributed by atoms with Crippen molar-refractivity contribution in [2.45, 2.75) is 38.0 Å². The predicted molar refractivity (Wildman–Crippen MR) is 124 cm³/mol. The van der Waals surface area contributed by atoms with Gasteiger partial charge in [-0.25, -0.2) is 18.3 Å². The van der Waals surface area contributed by atoms with Gasteiger partial charge in [0, 0.05) is 48.5 Å². The SMILES string of the molecule is O=C(c1cnn2ccc(-c3c[nH]c4nc(NCC(F)(F)C5CC5)ncc34)cc12)N1CCCCC1. The van der Waals surface area contributed by atoms with Crippen LogP contribution in [0.15, 0.2) is 36.9 Å². The average molecular weight is 466 g/mol. The number of H-pyrrole nitrogens is 1. The molecule has 1 amide bonds. The van der Waals surface area contributed by atoms with Gasteiger partial charge >= 0.3 is 0 Å². The van der Waals surface area contributed by atoms with E-state index in [4.69, 9.17) is 0 Å². The maximum absolute atomic E-state index is 14.0. The fourth-order valence-corrected chi connectivity index (χ4v) is 4.66. The third-order valence-corrected chi connectivity index (χ3v) is 6.80. The summed E-state index contributed by atoms with van der Waals surface area (Å²) in [5.74, 6) is -3.11. The van der Waals surface area contributed by atoms with Gasteiger partial charge in [0.2, 0.25) is 5.95 Å². The third kappa shape index (κ3) is 3.76. The number of nitrogens with one attached hydrogen (secondary N) is 2. The number of rotatable bonds is 6. The van der Waals surface area contributed by atoms with Crippen molar-refractivity contribution in [3.63, 3.8) is 0 Å². The van der Waals surface area contributed by atoms with Gasteiger partial charge in [0.05, 0.1) is 23.8 Å². The largest absolute Gasteiger partial charge is 0.348 e. The zero-order valence-corrected chi connectivity index (χ0v) is 18.6. The predicted octanol–water partition coefficient (Wildman–Crippen LogP) is 4.36. The quantitative estimate of drug-likeness (QED) is 0.442. The van der Waals surface area contributed by atoms with Crippen molar-refractivity contribution in [3.8, 4) is 11.1 Å². The van der Waals surface area contributed by atoms with Gasteiger partial charge in [0.25, 0.3) is 11.8 Å². The second-order valence-electron chi connectivity index (χ2n) is 9.20. The number of anilines is 1. The van der Waals surface area contributed by atoms with Crippen molar-refractivity contribution >= 4 is 28.4 Å². The Labute approximate surface area is 194 Å². The maximum Gasteiger partial charge on any atom is 0.267 e. The van der Waals surface area contributed by atoms with Gasteiger partial charge in [-0.3, -0.25) is 4.79 Å². The minimum absolute atomic E-state index is 0.00725. The van der Waals surface area contributed by atoms with Gasteiger partial charge in [-0.2, -0.15) is 10.1 Å². The number of nitrogens with zero attached hydrogens (tertiary/aromatic N) is 5. The van der Waals surface area contributed by atoms with E-state index in [0.29, 0.717) is 24.1 Å². The van der Waals surface area contributed by atoms with Crippen LogP contribution in [0.3, 0.4) is 0 Å². The number of hydrogen-bond donors (Lipinski definition) is 2. The van der Waals surface area contributed by atoms with Crippen LogP contribution in [-0.2, 0) is 0 Å². The topological polar surface area (TPSA) is 91.2 Å². The zero-order valence-electron chi connectivity index (χ0n) is 18.6. The lowest BCUT2D eigenvalue weighted by atomic mass is 10.1. The van der Waals surface area contributed by atoms with Crippen molar-refractivity contribution in [3.05, 3.63) is 42.5 Å². The highest BCUT2D eigenvalue weighted by atomic mass is 19.3. The summed E-state index contributed by atoms with van der Waals surface area (Å²) in [4.78, 5) is 26.7. The number of fused-ring (bicyclic) bond motifs is 2. The van der Waals surface area contributed by atoms with E-state index in [1.165, 1.54) is 0 Å². The van der Waals surface area contributed by atoms with E-state index in [1.807, 2.05) is 29.4 Å². The van der Waals surface area contributed by atoms with E-state index in [9.17, 15) is 13.6 Å². The summed E-state index contributed by atoms with van der Waals surface area (Å²) < 4.78 is 29.7. The van der Waals surface area contributed by atoms with Crippen molar-refractivity contribution < 1.29 is 13.6 Å². The van der Waals surface area contributed by atoms with E-state index in [0.717, 1.165) is 54.4 Å². The number of amides is 1. The molecule has 5 heterocycles. The normalized spacial score (nSPS) is 16.9. The first-order valence-corrected chi connectivity index (χ1v) is 11.7. The van der Waals surface area contributed by atoms with Gasteiger partial charge in [-0.15, -0.1) is 0 Å². The van der Waals surface area contributed by atoms with Crippen LogP contribution in [0.4, 0.5) is 14.7 Å². The maximum atomic E-state index is 14.0. The number of piperidine rings is 1. The highest BCUT2D eigenvalue weighted by Crippen LogP contribution is 2.43. The van der Waals surface area contributed by atoms with Crippen LogP contribution in [0, 0.1) is 5.92 Å². The molecule has 2 aliphatic rings. The molecule has 1 aliphatic carbocycles. The molecule has 1 saturated carbocycles. The smallest absolute Gasteiger partial charge is 0.267 e. The lowest BCUT2D eigenvalue weighted by Gasteiger charge is -2.26. The fraction of sp³-hybridized carbons (Fsp3) is 0.417. The molecule has 4 aromatic heterocycles. The molecule has 0 bridgehead atoms. The van der Waals surface area contributed by atoms with Crippen molar-refractivity contribution in [2.75, 3.05) is 25.0 Å². The standard InChI is InChI=1S/C24H25F2N7O/c25-24(26,16-4-5-16)14-29-23-28-12-18-17(11-27-21(18)31-23)15-6-9-33-20(10-15)19(13-30-33)22(34)32-7-2-1-3-8-32/h6,9-13,16H,1-5,7-8,14H2,(H2,27,28,29,31). The molecular weight excluding hydrogens is 440 g/mol. The van der Waals surface area contributed by atoms with Gasteiger partial charge in [-0.1, -0.05) is 0 Å². The summed E-state index contributed by atoms with van der Waals surface area (Å²) in [6.07, 6.45) is 11.3. The highest BCUT2D eigenvalue weighted by molar-refractivity contribution is 6.02. The molecule has 0 unspecified atom stereocenters. The van der Waals surface area contributed by atoms with Gasteiger partial charge in [-0.05, 0) is 49.8 Å². The molecule has 34 heavy (non-hydrogen) atoms. The van der Waals surface area contributed by atoms with Crippen LogP contribution in [0.2, 0.25) is 0 Å². The summed E-state index contributed by atoms with van der Waals surface area (Å²) in [7, 11) is 0. The lowest BCUT2D eigenvalue weighted by Crippen LogP contribution is -2.35. The summed E-state index contributed by atoms with van der Waals surface area (Å²) in [5.41, 5.74) is 3.63. The molecule has 6 rings (SSSR count). The molecular formula is C24H25F2N7O. The first-order chi connectivity index (χ1) is 16.5. The number of likely N-dealkylation sites (tertiary alicyclic amines) is 1. The Hall–Kier alpha value is -3.56. The minimum atomic E-state index is -2.75. The molecule has 1 saturated heterocycles. The number of carbonyl (C=O) groups excluding carboxylic acids is 1. The van der Waals surface area contributed by atoms with Gasteiger partial charge < -0.3 is 15.2 Å². The molecule has 1 aliphatic heterocycles. The lowest BCUT2D eigenvalue weighted by molar-refractivity contribution is -0.00832. The number of hydrogen-bond acceptors (Lipinski definition) is 5. The Kier molecular flexibility index (Phi) is 4.96. The Morgan fingerprint density at radius 3 is 2.82 bits per heavy atom. The number of aromatic nitrogens is 5. The van der Waals surface area contributed by atoms with Crippen LogP contribution < -0.4 is 5.32 Å². The van der Waals surface area contributed by atoms with Crippen molar-refractivity contribution in [1.29, 1.82) is 0 Å². The van der Waals surface area contributed by atoms with Crippen LogP contribution in [0.25, 0.3) is 27.7 Å². The third-order valence-electron chi connectivity index (χ3n) is 6.80. The van der Waals surface area contributed by atoms with Gasteiger partial charge in [0.1, 0.15) is 5.65 Å². The first kappa shape index (κ1) is 21.0. The molecule has 0 radical (unpaired) electrons. The summed E-state index contributed by atoms with van der Waals surface area (Å²) in [5, 5.41) is 7.80. The Morgan fingerprint density at radius 2 is 2.03 bits per heavy atom. The molecule has 8 nitrogen and oxygen atoms in total. The van der Waals surface area contributed by atoms with Crippen LogP contribution in [0.1, 0.15) is 42.5 Å². The Morgan fingerprint density at radius 1 is 1.21 bits per heavy atom. The minimum Gasteiger partial charge on any atom is -0.348 e. The average Bonchev–Trinajstić information content (AvgIpc) is 3.53. The van der Waals surface area contributed by atoms with E-state index in [1.54, 1.807) is 16.9 Å². The zero-order chi connectivity index (χ0) is 23.3. The molecule has 0 spiro atoms. The molecule has 2 fully saturated rings. The molecule has 0 atom stereocenters. The molecule has 176 valence electrons. The monoisotopic (exact) mass is 465 g/mol. The Bertz CT molecular complexity index is 1370. The first-order valence-electron chi connectivity index (χ1n) is 11.7. The van der Waals surface area contributed by atoms with E-state index in [-0.39, 0.29) is 11.9 Å². The molecule has 2 N–H and O–H groups in total. The molecule has 0 aromatic carbocycles. The molecule has 10 heteroatoms. The fourth-order valence-electron chi connectivity index (χ4n) is 4.66. The van der Waals surface area contributed by atoms with Gasteiger partial charge in [0.15, 0.2) is 0 Å². The van der Waals surface area contributed by atoms with Crippen LogP contribution in [-0.4, -0.2) is 60.9 Å². The number of aromatic amines is 1. The summed E-state index contributed by atoms with van der Waals surface area (Å²) >= 11 is 0. The number of halogens is 2. The number of pyridine rings is 1. The second-order valence-corrected chi connectivity index (χ2v) is 9.20.